The summed E-state index contributed by atoms with van der Waals surface area (Å²) in [5, 5.41) is 11.6. The highest BCUT2D eigenvalue weighted by Crippen LogP contribution is 2.40. The van der Waals surface area contributed by atoms with Crippen molar-refractivity contribution in [1.29, 1.82) is 5.26 Å². The van der Waals surface area contributed by atoms with E-state index in [1.54, 1.807) is 38.1 Å². The molecular formula is C17H15FN2O4S. The molecular weight excluding hydrogens is 347 g/mol. The Morgan fingerprint density at radius 1 is 1.24 bits per heavy atom. The van der Waals surface area contributed by atoms with E-state index in [0.717, 1.165) is 6.07 Å². The lowest BCUT2D eigenvalue weighted by molar-refractivity contribution is -0.0406. The van der Waals surface area contributed by atoms with Crippen LogP contribution in [0.3, 0.4) is 0 Å². The monoisotopic (exact) mass is 362 g/mol. The molecule has 0 radical (unpaired) electrons. The fourth-order valence-electron chi connectivity index (χ4n) is 2.79. The van der Waals surface area contributed by atoms with Crippen LogP contribution in [-0.2, 0) is 20.5 Å². The molecule has 0 fully saturated rings. The van der Waals surface area contributed by atoms with E-state index >= 15 is 0 Å². The average Bonchev–Trinajstić information content (AvgIpc) is 2.52. The second-order valence-corrected chi connectivity index (χ2v) is 7.68. The Labute approximate surface area is 144 Å². The Balaban J connectivity index is 2.10. The number of nitrogens with one attached hydrogen (secondary N) is 1. The number of nitriles is 1. The summed E-state index contributed by atoms with van der Waals surface area (Å²) >= 11 is 0. The van der Waals surface area contributed by atoms with Crippen LogP contribution in [0.4, 0.5) is 10.1 Å². The second-order valence-electron chi connectivity index (χ2n) is 6.22. The molecule has 2 aromatic carbocycles. The third-order valence-electron chi connectivity index (χ3n) is 3.97. The van der Waals surface area contributed by atoms with E-state index in [0.29, 0.717) is 22.4 Å². The summed E-state index contributed by atoms with van der Waals surface area (Å²) in [4.78, 5) is 0. The quantitative estimate of drug-likeness (QED) is 0.796. The van der Waals surface area contributed by atoms with Crippen molar-refractivity contribution >= 4 is 15.8 Å². The SMILES string of the molecule is CC1(C)OC(S(=O)(=O)O)Nc2ccc(-c3cc(F)cc(C#N)c3)cc21. The number of halogens is 1. The van der Waals surface area contributed by atoms with Crippen LogP contribution < -0.4 is 5.32 Å². The molecule has 1 aliphatic rings. The molecule has 0 bridgehead atoms. The first-order valence-corrected chi connectivity index (χ1v) is 8.87. The van der Waals surface area contributed by atoms with Crippen LogP contribution >= 0.6 is 0 Å². The number of nitrogens with zero attached hydrogens (tertiary/aromatic N) is 1. The van der Waals surface area contributed by atoms with Gasteiger partial charge in [0.2, 0.25) is 0 Å². The predicted octanol–water partition coefficient (Wildman–Crippen LogP) is 3.21. The molecule has 1 atom stereocenters. The Hall–Kier alpha value is -2.47. The molecule has 25 heavy (non-hydrogen) atoms. The first-order chi connectivity index (χ1) is 11.6. The summed E-state index contributed by atoms with van der Waals surface area (Å²) in [5.41, 5.74) is -0.0755. The highest BCUT2D eigenvalue weighted by molar-refractivity contribution is 7.86. The van der Waals surface area contributed by atoms with Crippen LogP contribution in [0.25, 0.3) is 11.1 Å². The van der Waals surface area contributed by atoms with Gasteiger partial charge in [-0.15, -0.1) is 0 Å². The number of hydrogen-bond acceptors (Lipinski definition) is 5. The number of benzene rings is 2. The molecule has 0 amide bonds. The van der Waals surface area contributed by atoms with Crippen LogP contribution in [0.2, 0.25) is 0 Å². The van der Waals surface area contributed by atoms with Crippen LogP contribution in [0.15, 0.2) is 36.4 Å². The summed E-state index contributed by atoms with van der Waals surface area (Å²) in [6.07, 6.45) is 0. The average molecular weight is 362 g/mol. The molecule has 0 spiro atoms. The number of anilines is 1. The summed E-state index contributed by atoms with van der Waals surface area (Å²) in [6.45, 7) is 3.34. The molecule has 6 nitrogen and oxygen atoms in total. The lowest BCUT2D eigenvalue weighted by Gasteiger charge is -2.37. The third-order valence-corrected chi connectivity index (χ3v) is 4.73. The predicted molar refractivity (Wildman–Crippen MR) is 89.6 cm³/mol. The summed E-state index contributed by atoms with van der Waals surface area (Å²) in [5.74, 6) is -0.521. The van der Waals surface area contributed by atoms with Crippen LogP contribution in [-0.4, -0.2) is 18.5 Å². The Bertz CT molecular complexity index is 996. The van der Waals surface area contributed by atoms with Gasteiger partial charge in [0.1, 0.15) is 5.82 Å². The van der Waals surface area contributed by atoms with Crippen molar-refractivity contribution in [2.24, 2.45) is 0 Å². The number of fused-ring (bicyclic) bond motifs is 1. The fraction of sp³-hybridized carbons (Fsp3) is 0.235. The Morgan fingerprint density at radius 2 is 1.96 bits per heavy atom. The minimum absolute atomic E-state index is 0.202. The van der Waals surface area contributed by atoms with E-state index in [2.05, 4.69) is 5.32 Å². The maximum absolute atomic E-state index is 13.7. The third kappa shape index (κ3) is 3.35. The maximum atomic E-state index is 13.7. The van der Waals surface area contributed by atoms with Gasteiger partial charge in [-0.2, -0.15) is 13.7 Å². The molecule has 1 heterocycles. The maximum Gasteiger partial charge on any atom is 0.312 e. The topological polar surface area (TPSA) is 99.4 Å². The molecule has 2 aromatic rings. The largest absolute Gasteiger partial charge is 0.345 e. The van der Waals surface area contributed by atoms with Crippen molar-refractivity contribution < 1.29 is 22.1 Å². The van der Waals surface area contributed by atoms with Gasteiger partial charge in [0.25, 0.3) is 5.56 Å². The van der Waals surface area contributed by atoms with Crippen LogP contribution in [0, 0.1) is 17.1 Å². The molecule has 0 aromatic heterocycles. The van der Waals surface area contributed by atoms with Gasteiger partial charge in [-0.25, -0.2) is 4.39 Å². The first-order valence-electron chi connectivity index (χ1n) is 7.36. The van der Waals surface area contributed by atoms with Gasteiger partial charge in [0.05, 0.1) is 17.2 Å². The van der Waals surface area contributed by atoms with Crippen molar-refractivity contribution in [3.8, 4) is 17.2 Å². The van der Waals surface area contributed by atoms with Crippen molar-refractivity contribution in [2.45, 2.75) is 25.0 Å². The zero-order valence-electron chi connectivity index (χ0n) is 13.4. The van der Waals surface area contributed by atoms with Gasteiger partial charge in [-0.3, -0.25) is 4.55 Å². The molecule has 1 aliphatic heterocycles. The molecule has 130 valence electrons. The number of rotatable bonds is 2. The van der Waals surface area contributed by atoms with Crippen molar-refractivity contribution in [1.82, 2.24) is 0 Å². The summed E-state index contributed by atoms with van der Waals surface area (Å²) in [7, 11) is -4.44. The fourth-order valence-corrected chi connectivity index (χ4v) is 3.43. The van der Waals surface area contributed by atoms with Gasteiger partial charge in [0.15, 0.2) is 0 Å². The summed E-state index contributed by atoms with van der Waals surface area (Å²) in [6, 6.07) is 11.0. The lowest BCUT2D eigenvalue weighted by Crippen LogP contribution is -2.43. The van der Waals surface area contributed by atoms with Crippen molar-refractivity contribution in [3.05, 3.63) is 53.3 Å². The highest BCUT2D eigenvalue weighted by atomic mass is 32.2. The van der Waals surface area contributed by atoms with Crippen LogP contribution in [0.5, 0.6) is 0 Å². The molecule has 1 unspecified atom stereocenters. The lowest BCUT2D eigenvalue weighted by atomic mass is 9.91. The smallest absolute Gasteiger partial charge is 0.312 e. The van der Waals surface area contributed by atoms with E-state index in [1.807, 2.05) is 6.07 Å². The van der Waals surface area contributed by atoms with Crippen LogP contribution in [0.1, 0.15) is 25.0 Å². The first kappa shape index (κ1) is 17.4. The van der Waals surface area contributed by atoms with E-state index in [1.165, 1.54) is 6.07 Å². The molecule has 0 saturated carbocycles. The zero-order chi connectivity index (χ0) is 18.4. The van der Waals surface area contributed by atoms with Gasteiger partial charge >= 0.3 is 10.1 Å². The second kappa shape index (κ2) is 5.81. The molecule has 0 saturated heterocycles. The van der Waals surface area contributed by atoms with Crippen molar-refractivity contribution in [2.75, 3.05) is 5.32 Å². The van der Waals surface area contributed by atoms with E-state index < -0.39 is 27.1 Å². The minimum Gasteiger partial charge on any atom is -0.345 e. The Kier molecular flexibility index (Phi) is 4.03. The molecule has 3 rings (SSSR count). The highest BCUT2D eigenvalue weighted by Gasteiger charge is 2.39. The van der Waals surface area contributed by atoms with Gasteiger partial charge in [-0.05, 0) is 55.3 Å². The number of ether oxygens (including phenoxy) is 1. The molecule has 0 aliphatic carbocycles. The molecule has 2 N–H and O–H groups in total. The summed E-state index contributed by atoms with van der Waals surface area (Å²) < 4.78 is 51.1. The van der Waals surface area contributed by atoms with Gasteiger partial charge < -0.3 is 10.1 Å². The Morgan fingerprint density at radius 3 is 2.60 bits per heavy atom. The normalized spacial score (nSPS) is 18.8. The minimum atomic E-state index is -4.44. The van der Waals surface area contributed by atoms with Gasteiger partial charge in [-0.1, -0.05) is 6.07 Å². The standard InChI is InChI=1S/C17H15FN2O4S/c1-17(2)14-8-11(12-5-10(9-19)6-13(18)7-12)3-4-15(14)20-16(24-17)25(21,22)23/h3-8,16,20H,1-2H3,(H,21,22,23). The van der Waals surface area contributed by atoms with E-state index in [4.69, 9.17) is 10.00 Å². The number of hydrogen-bond donors (Lipinski definition) is 2. The van der Waals surface area contributed by atoms with Crippen molar-refractivity contribution in [3.63, 3.8) is 0 Å². The van der Waals surface area contributed by atoms with E-state index in [-0.39, 0.29) is 5.56 Å². The van der Waals surface area contributed by atoms with E-state index in [9.17, 15) is 17.4 Å². The molecule has 8 heteroatoms. The zero-order valence-corrected chi connectivity index (χ0v) is 14.3. The van der Waals surface area contributed by atoms with Gasteiger partial charge in [0, 0.05) is 11.3 Å².